The molecule has 33 heavy (non-hydrogen) atoms. The van der Waals surface area contributed by atoms with Crippen molar-refractivity contribution in [3.8, 4) is 5.75 Å². The molecule has 1 amide bonds. The van der Waals surface area contributed by atoms with Crippen LogP contribution < -0.4 is 10.5 Å². The minimum Gasteiger partial charge on any atom is -0.494 e. The molecule has 0 spiro atoms. The lowest BCUT2D eigenvalue weighted by Gasteiger charge is -2.36. The van der Waals surface area contributed by atoms with Crippen molar-refractivity contribution in [1.82, 2.24) is 4.90 Å². The van der Waals surface area contributed by atoms with Crippen LogP contribution in [-0.4, -0.2) is 53.9 Å². The number of aliphatic hydroxyl groups excluding tert-OH is 1. The summed E-state index contributed by atoms with van der Waals surface area (Å²) in [4.78, 5) is 13.8. The van der Waals surface area contributed by atoms with E-state index in [1.165, 1.54) is 0 Å². The zero-order valence-corrected chi connectivity index (χ0v) is 19.8. The van der Waals surface area contributed by atoms with Gasteiger partial charge in [0, 0.05) is 24.4 Å². The Labute approximate surface area is 200 Å². The van der Waals surface area contributed by atoms with Crippen LogP contribution in [0.15, 0.2) is 42.5 Å². The topological polar surface area (TPSA) is 85.0 Å². The molecule has 2 saturated heterocycles. The third-order valence-electron chi connectivity index (χ3n) is 6.58. The van der Waals surface area contributed by atoms with Gasteiger partial charge in [-0.25, -0.2) is 0 Å². The summed E-state index contributed by atoms with van der Waals surface area (Å²) in [6.07, 6.45) is 2.73. The molecule has 2 fully saturated rings. The second-order valence-electron chi connectivity index (χ2n) is 9.03. The van der Waals surface area contributed by atoms with Crippen molar-refractivity contribution in [3.63, 3.8) is 0 Å². The van der Waals surface area contributed by atoms with Crippen LogP contribution in [0.25, 0.3) is 0 Å². The SMILES string of the molecule is CCOc1ccc(Cc2cc([C@H]3C[C@@H](O)C[C@@H](CN4CCC[C@@H]4C(N)=O)O3)ccc2Cl)cc1. The zero-order valence-electron chi connectivity index (χ0n) is 19.1. The summed E-state index contributed by atoms with van der Waals surface area (Å²) in [5, 5.41) is 11.3. The highest BCUT2D eigenvalue weighted by atomic mass is 35.5. The molecule has 4 rings (SSSR count). The number of benzene rings is 2. The Morgan fingerprint density at radius 2 is 2.03 bits per heavy atom. The number of nitrogens with two attached hydrogens (primary N) is 1. The largest absolute Gasteiger partial charge is 0.494 e. The fourth-order valence-corrected chi connectivity index (χ4v) is 5.16. The number of likely N-dealkylation sites (tertiary alicyclic amines) is 1. The summed E-state index contributed by atoms with van der Waals surface area (Å²) in [5.74, 6) is 0.574. The van der Waals surface area contributed by atoms with Gasteiger partial charge in [0.1, 0.15) is 5.75 Å². The molecule has 178 valence electrons. The van der Waals surface area contributed by atoms with Gasteiger partial charge in [0.15, 0.2) is 0 Å². The normalized spacial score (nSPS) is 25.8. The smallest absolute Gasteiger partial charge is 0.234 e. The molecule has 0 unspecified atom stereocenters. The van der Waals surface area contributed by atoms with Crippen LogP contribution in [-0.2, 0) is 16.0 Å². The molecule has 7 heteroatoms. The van der Waals surface area contributed by atoms with E-state index in [1.54, 1.807) is 0 Å². The molecular weight excluding hydrogens is 440 g/mol. The van der Waals surface area contributed by atoms with Crippen LogP contribution in [0.4, 0.5) is 0 Å². The van der Waals surface area contributed by atoms with E-state index in [2.05, 4.69) is 23.1 Å². The lowest BCUT2D eigenvalue weighted by Crippen LogP contribution is -2.46. The third kappa shape index (κ3) is 6.07. The molecule has 3 N–H and O–H groups in total. The first kappa shape index (κ1) is 24.0. The number of ether oxygens (including phenoxy) is 2. The number of rotatable bonds is 8. The Bertz CT molecular complexity index is 952. The van der Waals surface area contributed by atoms with Gasteiger partial charge >= 0.3 is 0 Å². The molecule has 2 aliphatic heterocycles. The number of amides is 1. The van der Waals surface area contributed by atoms with Crippen molar-refractivity contribution in [3.05, 3.63) is 64.2 Å². The van der Waals surface area contributed by atoms with Gasteiger partial charge in [-0.15, -0.1) is 0 Å². The molecule has 0 bridgehead atoms. The standard InChI is InChI=1S/C26H33ClN2O4/c1-2-32-21-8-5-17(6-9-21)12-19-13-18(7-10-23(19)27)25-15-20(30)14-22(33-25)16-29-11-3-4-24(29)26(28)31/h5-10,13,20,22,24-25,30H,2-4,11-12,14-16H2,1H3,(H2,28,31)/t20-,22-,24+,25+/m0/s1. The van der Waals surface area contributed by atoms with Crippen molar-refractivity contribution >= 4 is 17.5 Å². The number of nitrogens with zero attached hydrogens (tertiary/aromatic N) is 1. The average molecular weight is 473 g/mol. The number of primary amides is 1. The first-order valence-corrected chi connectivity index (χ1v) is 12.2. The minimum absolute atomic E-state index is 0.149. The molecule has 0 aromatic heterocycles. The molecule has 2 heterocycles. The van der Waals surface area contributed by atoms with Crippen molar-refractivity contribution in [2.24, 2.45) is 5.73 Å². The highest BCUT2D eigenvalue weighted by molar-refractivity contribution is 6.31. The maximum absolute atomic E-state index is 11.7. The molecular formula is C26H33ClN2O4. The number of hydrogen-bond donors (Lipinski definition) is 2. The van der Waals surface area contributed by atoms with Crippen molar-refractivity contribution in [1.29, 1.82) is 0 Å². The number of carbonyl (C=O) groups excluding carboxylic acids is 1. The van der Waals surface area contributed by atoms with E-state index in [1.807, 2.05) is 31.2 Å². The van der Waals surface area contributed by atoms with Crippen LogP contribution in [0.2, 0.25) is 5.02 Å². The summed E-state index contributed by atoms with van der Waals surface area (Å²) in [7, 11) is 0. The fourth-order valence-electron chi connectivity index (χ4n) is 4.97. The highest BCUT2D eigenvalue weighted by Gasteiger charge is 2.35. The lowest BCUT2D eigenvalue weighted by molar-refractivity contribution is -0.126. The van der Waals surface area contributed by atoms with Crippen molar-refractivity contribution < 1.29 is 19.4 Å². The maximum Gasteiger partial charge on any atom is 0.234 e. The quantitative estimate of drug-likeness (QED) is 0.609. The van der Waals surface area contributed by atoms with E-state index in [0.29, 0.717) is 37.4 Å². The summed E-state index contributed by atoms with van der Waals surface area (Å²) < 4.78 is 11.9. The van der Waals surface area contributed by atoms with Gasteiger partial charge in [0.05, 0.1) is 31.0 Å². The molecule has 0 saturated carbocycles. The number of halogens is 1. The monoisotopic (exact) mass is 472 g/mol. The highest BCUT2D eigenvalue weighted by Crippen LogP contribution is 2.35. The predicted octanol–water partition coefficient (Wildman–Crippen LogP) is 3.86. The second kappa shape index (κ2) is 10.9. The first-order chi connectivity index (χ1) is 15.9. The Kier molecular flexibility index (Phi) is 7.91. The number of carbonyl (C=O) groups is 1. The molecule has 0 radical (unpaired) electrons. The van der Waals surface area contributed by atoms with Gasteiger partial charge in [0.25, 0.3) is 0 Å². The van der Waals surface area contributed by atoms with Gasteiger partial charge in [-0.2, -0.15) is 0 Å². The van der Waals surface area contributed by atoms with Gasteiger partial charge < -0.3 is 20.3 Å². The summed E-state index contributed by atoms with van der Waals surface area (Å²) >= 11 is 6.52. The zero-order chi connectivity index (χ0) is 23.4. The number of hydrogen-bond acceptors (Lipinski definition) is 5. The van der Waals surface area contributed by atoms with E-state index in [4.69, 9.17) is 26.8 Å². The van der Waals surface area contributed by atoms with Crippen molar-refractivity contribution in [2.45, 2.75) is 63.4 Å². The van der Waals surface area contributed by atoms with E-state index in [9.17, 15) is 9.90 Å². The fraction of sp³-hybridized carbons (Fsp3) is 0.500. The summed E-state index contributed by atoms with van der Waals surface area (Å²) in [6.45, 7) is 4.05. The minimum atomic E-state index is -0.450. The Balaban J connectivity index is 1.45. The van der Waals surface area contributed by atoms with E-state index in [0.717, 1.165) is 41.8 Å². The number of aliphatic hydroxyl groups is 1. The molecule has 0 aliphatic carbocycles. The molecule has 2 aromatic carbocycles. The molecule has 2 aromatic rings. The maximum atomic E-state index is 11.7. The predicted molar refractivity (Wildman–Crippen MR) is 129 cm³/mol. The Morgan fingerprint density at radius 1 is 1.24 bits per heavy atom. The summed E-state index contributed by atoms with van der Waals surface area (Å²) in [6, 6.07) is 13.8. The average Bonchev–Trinajstić information content (AvgIpc) is 3.25. The van der Waals surface area contributed by atoms with Crippen LogP contribution in [0, 0.1) is 0 Å². The van der Waals surface area contributed by atoms with Crippen molar-refractivity contribution in [2.75, 3.05) is 19.7 Å². The third-order valence-corrected chi connectivity index (χ3v) is 6.95. The summed E-state index contributed by atoms with van der Waals surface area (Å²) in [5.41, 5.74) is 8.74. The van der Waals surface area contributed by atoms with Crippen LogP contribution in [0.1, 0.15) is 55.4 Å². The Morgan fingerprint density at radius 3 is 2.76 bits per heavy atom. The first-order valence-electron chi connectivity index (χ1n) is 11.8. The van der Waals surface area contributed by atoms with Gasteiger partial charge in [0.2, 0.25) is 5.91 Å². The molecule has 2 aliphatic rings. The van der Waals surface area contributed by atoms with E-state index < -0.39 is 6.10 Å². The van der Waals surface area contributed by atoms with Crippen LogP contribution in [0.5, 0.6) is 5.75 Å². The van der Waals surface area contributed by atoms with Crippen LogP contribution in [0.3, 0.4) is 0 Å². The molecule has 6 nitrogen and oxygen atoms in total. The van der Waals surface area contributed by atoms with E-state index in [-0.39, 0.29) is 24.2 Å². The van der Waals surface area contributed by atoms with Gasteiger partial charge in [-0.3, -0.25) is 9.69 Å². The Hall–Kier alpha value is -2.12. The molecule has 4 atom stereocenters. The van der Waals surface area contributed by atoms with E-state index >= 15 is 0 Å². The lowest BCUT2D eigenvalue weighted by atomic mass is 9.93. The second-order valence-corrected chi connectivity index (χ2v) is 9.44. The van der Waals surface area contributed by atoms with Crippen LogP contribution >= 0.6 is 11.6 Å². The van der Waals surface area contributed by atoms with Gasteiger partial charge in [-0.1, -0.05) is 35.9 Å². The van der Waals surface area contributed by atoms with Gasteiger partial charge in [-0.05, 0) is 67.6 Å².